The topological polar surface area (TPSA) is 29.5 Å². The molecule has 1 aliphatic rings. The van der Waals surface area contributed by atoms with Crippen LogP contribution in [0.2, 0.25) is 0 Å². The third kappa shape index (κ3) is 3.90. The highest BCUT2D eigenvalue weighted by atomic mass is 19.1. The van der Waals surface area contributed by atoms with Crippen molar-refractivity contribution in [3.8, 4) is 0 Å². The molecule has 0 amide bonds. The SMILES string of the molecule is CCOC(=O)/C(F)=C1\CCCN(Cc2ccccc2)C1. The molecule has 0 aliphatic carbocycles. The van der Waals surface area contributed by atoms with Crippen LogP contribution in [0.4, 0.5) is 4.39 Å². The van der Waals surface area contributed by atoms with Crippen molar-refractivity contribution < 1.29 is 13.9 Å². The zero-order valence-electron chi connectivity index (χ0n) is 11.8. The van der Waals surface area contributed by atoms with Crippen molar-refractivity contribution in [2.75, 3.05) is 19.7 Å². The molecule has 4 heteroatoms. The Morgan fingerprint density at radius 1 is 1.35 bits per heavy atom. The Bertz CT molecular complexity index is 485. The Morgan fingerprint density at radius 2 is 2.10 bits per heavy atom. The van der Waals surface area contributed by atoms with E-state index in [1.54, 1.807) is 6.92 Å². The lowest BCUT2D eigenvalue weighted by atomic mass is 10.0. The summed E-state index contributed by atoms with van der Waals surface area (Å²) in [6, 6.07) is 10.1. The van der Waals surface area contributed by atoms with Crippen LogP contribution in [0.5, 0.6) is 0 Å². The normalized spacial score (nSPS) is 18.7. The maximum Gasteiger partial charge on any atom is 0.367 e. The Kier molecular flexibility index (Phi) is 5.30. The van der Waals surface area contributed by atoms with Crippen molar-refractivity contribution in [1.29, 1.82) is 0 Å². The fraction of sp³-hybridized carbons (Fsp3) is 0.438. The molecular formula is C16H20FNO2. The Labute approximate surface area is 119 Å². The second-order valence-corrected chi connectivity index (χ2v) is 4.94. The van der Waals surface area contributed by atoms with Crippen molar-refractivity contribution >= 4 is 5.97 Å². The number of rotatable bonds is 4. The first-order valence-electron chi connectivity index (χ1n) is 7.01. The molecule has 0 unspecified atom stereocenters. The number of hydrogen-bond acceptors (Lipinski definition) is 3. The van der Waals surface area contributed by atoms with Crippen LogP contribution in [-0.2, 0) is 16.1 Å². The van der Waals surface area contributed by atoms with Gasteiger partial charge in [0, 0.05) is 13.1 Å². The van der Waals surface area contributed by atoms with Crippen molar-refractivity contribution in [2.45, 2.75) is 26.3 Å². The maximum atomic E-state index is 14.0. The largest absolute Gasteiger partial charge is 0.461 e. The molecular weight excluding hydrogens is 257 g/mol. The van der Waals surface area contributed by atoms with E-state index in [9.17, 15) is 9.18 Å². The first-order chi connectivity index (χ1) is 9.70. The molecule has 1 aromatic rings. The number of carbonyl (C=O) groups excluding carboxylic acids is 1. The van der Waals surface area contributed by atoms with Crippen LogP contribution in [0.15, 0.2) is 41.7 Å². The molecule has 2 rings (SSSR count). The van der Waals surface area contributed by atoms with E-state index in [-0.39, 0.29) is 6.61 Å². The van der Waals surface area contributed by atoms with Gasteiger partial charge in [0.1, 0.15) is 0 Å². The highest BCUT2D eigenvalue weighted by molar-refractivity contribution is 5.86. The third-order valence-electron chi connectivity index (χ3n) is 3.38. The van der Waals surface area contributed by atoms with E-state index in [0.29, 0.717) is 18.5 Å². The average Bonchev–Trinajstić information content (AvgIpc) is 2.48. The van der Waals surface area contributed by atoms with Gasteiger partial charge in [-0.2, -0.15) is 4.39 Å². The molecule has 0 atom stereocenters. The van der Waals surface area contributed by atoms with Gasteiger partial charge in [-0.25, -0.2) is 4.79 Å². The summed E-state index contributed by atoms with van der Waals surface area (Å²) < 4.78 is 18.7. The summed E-state index contributed by atoms with van der Waals surface area (Å²) in [5.74, 6) is -1.53. The van der Waals surface area contributed by atoms with Gasteiger partial charge in [0.2, 0.25) is 5.83 Å². The lowest BCUT2D eigenvalue weighted by Crippen LogP contribution is -2.31. The summed E-state index contributed by atoms with van der Waals surface area (Å²) in [6.07, 6.45) is 1.50. The lowest BCUT2D eigenvalue weighted by Gasteiger charge is -2.28. The molecule has 108 valence electrons. The number of ether oxygens (including phenoxy) is 1. The standard InChI is InChI=1S/C16H20FNO2/c1-2-20-16(19)15(17)14-9-6-10-18(12-14)11-13-7-4-3-5-8-13/h3-5,7-8H,2,6,9-12H2,1H3/b15-14-. The van der Waals surface area contributed by atoms with Gasteiger partial charge in [-0.1, -0.05) is 30.3 Å². The highest BCUT2D eigenvalue weighted by Crippen LogP contribution is 2.22. The Hall–Kier alpha value is -1.68. The van der Waals surface area contributed by atoms with Crippen molar-refractivity contribution in [1.82, 2.24) is 4.90 Å². The maximum absolute atomic E-state index is 14.0. The van der Waals surface area contributed by atoms with Gasteiger partial charge in [-0.3, -0.25) is 4.90 Å². The van der Waals surface area contributed by atoms with Crippen LogP contribution in [0.25, 0.3) is 0 Å². The monoisotopic (exact) mass is 277 g/mol. The summed E-state index contributed by atoms with van der Waals surface area (Å²) >= 11 is 0. The second kappa shape index (κ2) is 7.20. The first kappa shape index (κ1) is 14.7. The smallest absolute Gasteiger partial charge is 0.367 e. The molecule has 20 heavy (non-hydrogen) atoms. The van der Waals surface area contributed by atoms with Crippen LogP contribution < -0.4 is 0 Å². The second-order valence-electron chi connectivity index (χ2n) is 4.94. The fourth-order valence-corrected chi connectivity index (χ4v) is 2.44. The lowest BCUT2D eigenvalue weighted by molar-refractivity contribution is -0.140. The molecule has 3 nitrogen and oxygen atoms in total. The van der Waals surface area contributed by atoms with Gasteiger partial charge >= 0.3 is 5.97 Å². The number of esters is 1. The molecule has 1 saturated heterocycles. The van der Waals surface area contributed by atoms with Gasteiger partial charge in [-0.15, -0.1) is 0 Å². The van der Waals surface area contributed by atoms with Gasteiger partial charge in [0.15, 0.2) is 0 Å². The summed E-state index contributed by atoms with van der Waals surface area (Å²) in [7, 11) is 0. The third-order valence-corrected chi connectivity index (χ3v) is 3.38. The number of nitrogens with zero attached hydrogens (tertiary/aromatic N) is 1. The predicted molar refractivity (Wildman–Crippen MR) is 75.7 cm³/mol. The molecule has 0 N–H and O–H groups in total. The molecule has 0 aromatic heterocycles. The zero-order valence-corrected chi connectivity index (χ0v) is 11.8. The van der Waals surface area contributed by atoms with Crippen molar-refractivity contribution in [2.24, 2.45) is 0 Å². The van der Waals surface area contributed by atoms with Crippen LogP contribution >= 0.6 is 0 Å². The van der Waals surface area contributed by atoms with E-state index in [0.717, 1.165) is 19.5 Å². The number of benzene rings is 1. The van der Waals surface area contributed by atoms with Crippen LogP contribution in [0.1, 0.15) is 25.3 Å². The number of piperidine rings is 1. The quantitative estimate of drug-likeness (QED) is 0.625. The van der Waals surface area contributed by atoms with E-state index in [2.05, 4.69) is 17.0 Å². The zero-order chi connectivity index (χ0) is 14.4. The van der Waals surface area contributed by atoms with Gasteiger partial charge in [0.25, 0.3) is 0 Å². The molecule has 1 aliphatic heterocycles. The number of carbonyl (C=O) groups is 1. The molecule has 0 bridgehead atoms. The molecule has 0 radical (unpaired) electrons. The summed E-state index contributed by atoms with van der Waals surface area (Å²) in [5.41, 5.74) is 1.76. The van der Waals surface area contributed by atoms with E-state index in [1.807, 2.05) is 18.2 Å². The van der Waals surface area contributed by atoms with Gasteiger partial charge in [0.05, 0.1) is 6.61 Å². The van der Waals surface area contributed by atoms with E-state index in [1.165, 1.54) is 5.56 Å². The molecule has 0 saturated carbocycles. The Balaban J connectivity index is 2.01. The fourth-order valence-electron chi connectivity index (χ4n) is 2.44. The minimum Gasteiger partial charge on any atom is -0.461 e. The highest BCUT2D eigenvalue weighted by Gasteiger charge is 2.22. The number of likely N-dealkylation sites (tertiary alicyclic amines) is 1. The number of halogens is 1. The predicted octanol–water partition coefficient (Wildman–Crippen LogP) is 3.07. The Morgan fingerprint density at radius 3 is 2.80 bits per heavy atom. The van der Waals surface area contributed by atoms with Gasteiger partial charge in [-0.05, 0) is 37.4 Å². The minimum atomic E-state index is -0.830. The van der Waals surface area contributed by atoms with E-state index in [4.69, 9.17) is 4.74 Å². The average molecular weight is 277 g/mol. The van der Waals surface area contributed by atoms with Crippen LogP contribution in [-0.4, -0.2) is 30.6 Å². The van der Waals surface area contributed by atoms with E-state index < -0.39 is 11.8 Å². The summed E-state index contributed by atoms with van der Waals surface area (Å²) in [6.45, 7) is 4.08. The summed E-state index contributed by atoms with van der Waals surface area (Å²) in [4.78, 5) is 13.6. The molecule has 1 fully saturated rings. The molecule has 1 aromatic carbocycles. The van der Waals surface area contributed by atoms with Crippen LogP contribution in [0, 0.1) is 0 Å². The molecule has 1 heterocycles. The summed E-state index contributed by atoms with van der Waals surface area (Å²) in [5, 5.41) is 0. The first-order valence-corrected chi connectivity index (χ1v) is 7.01. The van der Waals surface area contributed by atoms with Crippen LogP contribution in [0.3, 0.4) is 0 Å². The van der Waals surface area contributed by atoms with Gasteiger partial charge < -0.3 is 4.74 Å². The minimum absolute atomic E-state index is 0.202. The number of hydrogen-bond donors (Lipinski definition) is 0. The van der Waals surface area contributed by atoms with Crippen molar-refractivity contribution in [3.63, 3.8) is 0 Å². The van der Waals surface area contributed by atoms with E-state index >= 15 is 0 Å². The van der Waals surface area contributed by atoms with Crippen molar-refractivity contribution in [3.05, 3.63) is 47.3 Å². The molecule has 0 spiro atoms.